The minimum absolute atomic E-state index is 0.160. The predicted octanol–water partition coefficient (Wildman–Crippen LogP) is 4.65. The number of unbranched alkanes of at least 4 members (excludes halogenated alkanes) is 4. The molecule has 19 heavy (non-hydrogen) atoms. The number of phosphoric acid groups is 1. The van der Waals surface area contributed by atoms with Gasteiger partial charge in [0.25, 0.3) is 0 Å². The normalized spacial score (nSPS) is 12.9. The van der Waals surface area contributed by atoms with Gasteiger partial charge in [-0.3, -0.25) is 4.52 Å². The molecule has 0 atom stereocenters. The Balaban J connectivity index is 3.52. The van der Waals surface area contributed by atoms with Crippen LogP contribution in [-0.2, 0) is 9.09 Å². The molecule has 0 aliphatic carbocycles. The maximum atomic E-state index is 10.4. The van der Waals surface area contributed by atoms with Crippen molar-refractivity contribution in [3.8, 4) is 0 Å². The summed E-state index contributed by atoms with van der Waals surface area (Å²) in [6.07, 6.45) is 10.4. The zero-order valence-electron chi connectivity index (χ0n) is 12.7. The lowest BCUT2D eigenvalue weighted by Gasteiger charge is -2.30. The molecule has 0 fully saturated rings. The van der Waals surface area contributed by atoms with Gasteiger partial charge in [0.15, 0.2) is 0 Å². The van der Waals surface area contributed by atoms with Crippen molar-refractivity contribution in [2.24, 2.45) is 5.41 Å². The van der Waals surface area contributed by atoms with Gasteiger partial charge in [-0.2, -0.15) is 0 Å². The van der Waals surface area contributed by atoms with Crippen LogP contribution in [0.25, 0.3) is 0 Å². The molecular formula is C14H31O4P. The fourth-order valence-electron chi connectivity index (χ4n) is 2.60. The van der Waals surface area contributed by atoms with E-state index in [1.165, 1.54) is 38.5 Å². The molecule has 0 amide bonds. The molecule has 0 aromatic carbocycles. The first kappa shape index (κ1) is 19.1. The van der Waals surface area contributed by atoms with Crippen LogP contribution in [0.5, 0.6) is 0 Å². The van der Waals surface area contributed by atoms with Gasteiger partial charge in [-0.1, -0.05) is 65.7 Å². The van der Waals surface area contributed by atoms with Crippen LogP contribution in [0.15, 0.2) is 0 Å². The van der Waals surface area contributed by atoms with E-state index >= 15 is 0 Å². The molecule has 0 unspecified atom stereocenters. The molecule has 0 heterocycles. The largest absolute Gasteiger partial charge is 0.469 e. The van der Waals surface area contributed by atoms with Gasteiger partial charge in [0.05, 0.1) is 6.61 Å². The topological polar surface area (TPSA) is 66.8 Å². The molecule has 0 radical (unpaired) electrons. The zero-order chi connectivity index (χ0) is 14.8. The lowest BCUT2D eigenvalue weighted by molar-refractivity contribution is 0.192. The van der Waals surface area contributed by atoms with Gasteiger partial charge in [0.1, 0.15) is 0 Å². The van der Waals surface area contributed by atoms with E-state index < -0.39 is 7.82 Å². The van der Waals surface area contributed by atoms with Gasteiger partial charge >= 0.3 is 7.82 Å². The summed E-state index contributed by atoms with van der Waals surface area (Å²) in [5, 5.41) is 0. The van der Waals surface area contributed by atoms with Crippen LogP contribution in [0.4, 0.5) is 0 Å². The maximum Gasteiger partial charge on any atom is 0.469 e. The van der Waals surface area contributed by atoms with Crippen molar-refractivity contribution in [1.82, 2.24) is 0 Å². The van der Waals surface area contributed by atoms with Crippen LogP contribution in [0.1, 0.15) is 78.6 Å². The first-order valence-corrected chi connectivity index (χ1v) is 9.12. The molecule has 5 heteroatoms. The molecule has 0 bridgehead atoms. The standard InChI is InChI=1S/C14H31O4P/c1-4-14(5-2,6-3)12-10-8-7-9-11-13-18-19(15,16)17/h4-13H2,1-3H3,(H2,15,16,17). The minimum atomic E-state index is -4.26. The van der Waals surface area contributed by atoms with Gasteiger partial charge < -0.3 is 9.79 Å². The van der Waals surface area contributed by atoms with E-state index in [4.69, 9.17) is 9.79 Å². The Hall–Kier alpha value is 0.110. The van der Waals surface area contributed by atoms with E-state index in [2.05, 4.69) is 25.3 Å². The van der Waals surface area contributed by atoms with E-state index in [9.17, 15) is 4.57 Å². The van der Waals surface area contributed by atoms with E-state index in [1.54, 1.807) is 0 Å². The van der Waals surface area contributed by atoms with Gasteiger partial charge in [0, 0.05) is 0 Å². The number of phosphoric ester groups is 1. The summed E-state index contributed by atoms with van der Waals surface area (Å²) in [7, 11) is -4.26. The molecule has 0 spiro atoms. The first-order chi connectivity index (χ1) is 8.89. The molecule has 4 nitrogen and oxygen atoms in total. The second kappa shape index (κ2) is 9.93. The van der Waals surface area contributed by atoms with Crippen LogP contribution < -0.4 is 0 Å². The summed E-state index contributed by atoms with van der Waals surface area (Å²) < 4.78 is 14.9. The average Bonchev–Trinajstić information content (AvgIpc) is 2.37. The lowest BCUT2D eigenvalue weighted by Crippen LogP contribution is -2.17. The van der Waals surface area contributed by atoms with Crippen LogP contribution in [-0.4, -0.2) is 16.4 Å². The molecule has 0 rings (SSSR count). The lowest BCUT2D eigenvalue weighted by atomic mass is 9.75. The molecule has 0 aromatic heterocycles. The number of rotatable bonds is 12. The first-order valence-electron chi connectivity index (χ1n) is 7.59. The third kappa shape index (κ3) is 9.61. The summed E-state index contributed by atoms with van der Waals surface area (Å²) in [6.45, 7) is 7.01. The Kier molecular flexibility index (Phi) is 9.98. The summed E-state index contributed by atoms with van der Waals surface area (Å²) in [6, 6.07) is 0. The zero-order valence-corrected chi connectivity index (χ0v) is 13.6. The molecule has 0 aliphatic rings. The molecule has 0 saturated carbocycles. The summed E-state index contributed by atoms with van der Waals surface area (Å²) in [5.41, 5.74) is 0.531. The average molecular weight is 294 g/mol. The SMILES string of the molecule is CCC(CC)(CC)CCCCCCCOP(=O)(O)O. The second-order valence-corrected chi connectivity index (χ2v) is 6.64. The third-order valence-electron chi connectivity index (χ3n) is 4.36. The molecular weight excluding hydrogens is 263 g/mol. The van der Waals surface area contributed by atoms with Crippen LogP contribution in [0.3, 0.4) is 0 Å². The van der Waals surface area contributed by atoms with E-state index in [1.807, 2.05) is 0 Å². The van der Waals surface area contributed by atoms with Crippen molar-refractivity contribution in [3.63, 3.8) is 0 Å². The van der Waals surface area contributed by atoms with Crippen molar-refractivity contribution in [2.45, 2.75) is 78.6 Å². The fourth-order valence-corrected chi connectivity index (χ4v) is 2.96. The summed E-state index contributed by atoms with van der Waals surface area (Å²) in [4.78, 5) is 17.0. The Morgan fingerprint density at radius 3 is 1.84 bits per heavy atom. The number of hydrogen-bond acceptors (Lipinski definition) is 2. The second-order valence-electron chi connectivity index (χ2n) is 5.40. The smallest absolute Gasteiger partial charge is 0.303 e. The van der Waals surface area contributed by atoms with Crippen molar-refractivity contribution >= 4 is 7.82 Å². The monoisotopic (exact) mass is 294 g/mol. The Morgan fingerprint density at radius 1 is 0.895 bits per heavy atom. The molecule has 0 aromatic rings. The fraction of sp³-hybridized carbons (Fsp3) is 1.00. The Labute approximate surface area is 118 Å². The third-order valence-corrected chi connectivity index (χ3v) is 4.88. The molecule has 2 N–H and O–H groups in total. The van der Waals surface area contributed by atoms with Crippen molar-refractivity contribution < 1.29 is 18.9 Å². The van der Waals surface area contributed by atoms with Crippen molar-refractivity contribution in [2.75, 3.05) is 6.61 Å². The van der Waals surface area contributed by atoms with Crippen LogP contribution >= 0.6 is 7.82 Å². The van der Waals surface area contributed by atoms with E-state index in [-0.39, 0.29) is 6.61 Å². The van der Waals surface area contributed by atoms with Crippen LogP contribution in [0, 0.1) is 5.41 Å². The maximum absolute atomic E-state index is 10.4. The minimum Gasteiger partial charge on any atom is -0.303 e. The highest BCUT2D eigenvalue weighted by molar-refractivity contribution is 7.46. The van der Waals surface area contributed by atoms with Gasteiger partial charge in [0.2, 0.25) is 0 Å². The summed E-state index contributed by atoms with van der Waals surface area (Å²) in [5.74, 6) is 0. The highest BCUT2D eigenvalue weighted by atomic mass is 31.2. The quantitative estimate of drug-likeness (QED) is 0.406. The Bertz CT molecular complexity index is 250. The predicted molar refractivity (Wildman–Crippen MR) is 79.0 cm³/mol. The molecule has 116 valence electrons. The van der Waals surface area contributed by atoms with E-state index in [0.29, 0.717) is 5.41 Å². The number of hydrogen-bond donors (Lipinski definition) is 2. The Morgan fingerprint density at radius 2 is 1.37 bits per heavy atom. The van der Waals surface area contributed by atoms with E-state index in [0.717, 1.165) is 19.3 Å². The van der Waals surface area contributed by atoms with Gasteiger partial charge in [-0.25, -0.2) is 4.57 Å². The van der Waals surface area contributed by atoms with Crippen molar-refractivity contribution in [3.05, 3.63) is 0 Å². The molecule has 0 saturated heterocycles. The van der Waals surface area contributed by atoms with Gasteiger partial charge in [-0.15, -0.1) is 0 Å². The highest BCUT2D eigenvalue weighted by Gasteiger charge is 2.22. The summed E-state index contributed by atoms with van der Waals surface area (Å²) >= 11 is 0. The van der Waals surface area contributed by atoms with Crippen LogP contribution in [0.2, 0.25) is 0 Å². The van der Waals surface area contributed by atoms with Crippen molar-refractivity contribution in [1.29, 1.82) is 0 Å². The van der Waals surface area contributed by atoms with Gasteiger partial charge in [-0.05, 0) is 18.3 Å². The molecule has 0 aliphatic heterocycles. The highest BCUT2D eigenvalue weighted by Crippen LogP contribution is 2.37.